The van der Waals surface area contributed by atoms with Crippen LogP contribution in [0.1, 0.15) is 22.7 Å². The maximum atomic E-state index is 13.0. The van der Waals surface area contributed by atoms with Gasteiger partial charge in [0.25, 0.3) is 5.56 Å². The zero-order valence-corrected chi connectivity index (χ0v) is 13.1. The van der Waals surface area contributed by atoms with Crippen LogP contribution in [0.4, 0.5) is 0 Å². The molecule has 1 aliphatic rings. The van der Waals surface area contributed by atoms with Gasteiger partial charge >= 0.3 is 0 Å². The fourth-order valence-corrected chi connectivity index (χ4v) is 2.94. The highest BCUT2D eigenvalue weighted by Crippen LogP contribution is 2.40. The van der Waals surface area contributed by atoms with Gasteiger partial charge in [0, 0.05) is 30.7 Å². The molecule has 3 rings (SSSR count). The summed E-state index contributed by atoms with van der Waals surface area (Å²) in [6.07, 6.45) is 3.21. The minimum absolute atomic E-state index is 0.0161. The van der Waals surface area contributed by atoms with Gasteiger partial charge in [0.05, 0.1) is 18.1 Å². The molecule has 0 radical (unpaired) electrons. The topological polar surface area (TPSA) is 114 Å². The van der Waals surface area contributed by atoms with Crippen molar-refractivity contribution in [1.82, 2.24) is 9.55 Å². The number of rotatable bonds is 3. The summed E-state index contributed by atoms with van der Waals surface area (Å²) in [7, 11) is 0. The molecule has 0 aromatic carbocycles. The first kappa shape index (κ1) is 15.8. The highest BCUT2D eigenvalue weighted by atomic mass is 16.5. The number of nitriles is 1. The number of pyridine rings is 2. The van der Waals surface area contributed by atoms with Crippen LogP contribution < -0.4 is 16.0 Å². The number of nitrogens with zero attached hydrogens (tertiary/aromatic N) is 3. The zero-order chi connectivity index (χ0) is 17.3. The Balaban J connectivity index is 2.32. The van der Waals surface area contributed by atoms with Gasteiger partial charge in [0.2, 0.25) is 5.88 Å². The van der Waals surface area contributed by atoms with E-state index in [0.717, 1.165) is 0 Å². The lowest BCUT2D eigenvalue weighted by molar-refractivity contribution is 0.272. The Hall–Kier alpha value is -3.11. The lowest BCUT2D eigenvalue weighted by atomic mass is 9.85. The van der Waals surface area contributed by atoms with Crippen molar-refractivity contribution >= 4 is 0 Å². The maximum Gasteiger partial charge on any atom is 0.258 e. The van der Waals surface area contributed by atoms with Crippen molar-refractivity contribution in [3.05, 3.63) is 69.2 Å². The predicted molar refractivity (Wildman–Crippen MR) is 86.1 cm³/mol. The van der Waals surface area contributed by atoms with Crippen LogP contribution in [-0.4, -0.2) is 21.3 Å². The molecular formula is C17H16N4O3. The normalized spacial score (nSPS) is 16.3. The van der Waals surface area contributed by atoms with E-state index in [-0.39, 0.29) is 30.2 Å². The fraction of sp³-hybridized carbons (Fsp3) is 0.235. The number of nitrogens with two attached hydrogens (primary N) is 1. The van der Waals surface area contributed by atoms with Crippen LogP contribution >= 0.6 is 0 Å². The first-order valence-electron chi connectivity index (χ1n) is 7.41. The number of hydrogen-bond acceptors (Lipinski definition) is 6. The van der Waals surface area contributed by atoms with Gasteiger partial charge in [-0.15, -0.1) is 0 Å². The number of ether oxygens (including phenoxy) is 1. The molecule has 0 spiro atoms. The largest absolute Gasteiger partial charge is 0.440 e. The standard InChI is InChI=1S/C17H16N4O3/c1-10-7-13-15(17(23)21(10)5-6-22)14(11-3-2-4-20-9-11)12(8-18)16(19)24-13/h2-4,7,9,14,22H,5-6,19H2,1H3/t14-/m1/s1. The summed E-state index contributed by atoms with van der Waals surface area (Å²) < 4.78 is 6.98. The van der Waals surface area contributed by atoms with E-state index in [1.165, 1.54) is 4.57 Å². The van der Waals surface area contributed by atoms with E-state index in [1.807, 2.05) is 6.07 Å². The number of aliphatic hydroxyl groups excluding tert-OH is 1. The van der Waals surface area contributed by atoms with Crippen LogP contribution in [0, 0.1) is 18.3 Å². The van der Waals surface area contributed by atoms with Gasteiger partial charge < -0.3 is 20.1 Å². The Morgan fingerprint density at radius 2 is 2.33 bits per heavy atom. The van der Waals surface area contributed by atoms with E-state index in [0.29, 0.717) is 22.6 Å². The predicted octanol–water partition coefficient (Wildman–Crippen LogP) is 0.762. The lowest BCUT2D eigenvalue weighted by Crippen LogP contribution is -2.33. The molecule has 0 unspecified atom stereocenters. The molecule has 3 N–H and O–H groups in total. The van der Waals surface area contributed by atoms with Gasteiger partial charge in [-0.25, -0.2) is 0 Å². The second-order valence-electron chi connectivity index (χ2n) is 5.46. The molecule has 0 fully saturated rings. The third kappa shape index (κ3) is 2.43. The zero-order valence-electron chi connectivity index (χ0n) is 13.1. The number of fused-ring (bicyclic) bond motifs is 1. The average molecular weight is 324 g/mol. The number of aliphatic hydroxyl groups is 1. The minimum Gasteiger partial charge on any atom is -0.440 e. The molecule has 0 amide bonds. The van der Waals surface area contributed by atoms with Gasteiger partial charge in [-0.1, -0.05) is 6.07 Å². The molecule has 3 heterocycles. The van der Waals surface area contributed by atoms with E-state index in [1.54, 1.807) is 37.5 Å². The molecule has 7 heteroatoms. The third-order valence-electron chi connectivity index (χ3n) is 4.03. The second-order valence-corrected chi connectivity index (χ2v) is 5.46. The Bertz CT molecular complexity index is 910. The minimum atomic E-state index is -0.648. The van der Waals surface area contributed by atoms with E-state index in [4.69, 9.17) is 10.5 Å². The first-order valence-corrected chi connectivity index (χ1v) is 7.41. The van der Waals surface area contributed by atoms with Crippen molar-refractivity contribution < 1.29 is 9.84 Å². The van der Waals surface area contributed by atoms with E-state index < -0.39 is 5.92 Å². The summed E-state index contributed by atoms with van der Waals surface area (Å²) in [6, 6.07) is 7.25. The molecular weight excluding hydrogens is 308 g/mol. The van der Waals surface area contributed by atoms with Crippen molar-refractivity contribution in [2.75, 3.05) is 6.61 Å². The van der Waals surface area contributed by atoms with E-state index in [2.05, 4.69) is 4.98 Å². The van der Waals surface area contributed by atoms with Gasteiger partial charge in [0.1, 0.15) is 17.4 Å². The molecule has 0 aliphatic carbocycles. The highest BCUT2D eigenvalue weighted by Gasteiger charge is 2.34. The molecule has 24 heavy (non-hydrogen) atoms. The summed E-state index contributed by atoms with van der Waals surface area (Å²) in [5, 5.41) is 18.7. The van der Waals surface area contributed by atoms with Crippen LogP contribution in [0.25, 0.3) is 0 Å². The van der Waals surface area contributed by atoms with Crippen LogP contribution in [0.2, 0.25) is 0 Å². The van der Waals surface area contributed by atoms with Crippen molar-refractivity contribution in [3.8, 4) is 11.8 Å². The smallest absolute Gasteiger partial charge is 0.258 e. The van der Waals surface area contributed by atoms with Gasteiger partial charge in [-0.2, -0.15) is 5.26 Å². The molecule has 0 saturated heterocycles. The molecule has 2 aromatic heterocycles. The Labute approximate surface area is 138 Å². The third-order valence-corrected chi connectivity index (χ3v) is 4.03. The monoisotopic (exact) mass is 324 g/mol. The van der Waals surface area contributed by atoms with Gasteiger partial charge in [-0.3, -0.25) is 9.78 Å². The number of aromatic nitrogens is 2. The summed E-state index contributed by atoms with van der Waals surface area (Å²) in [4.78, 5) is 17.0. The molecule has 7 nitrogen and oxygen atoms in total. The molecule has 0 saturated carbocycles. The van der Waals surface area contributed by atoms with Crippen molar-refractivity contribution in [3.63, 3.8) is 0 Å². The van der Waals surface area contributed by atoms with E-state index in [9.17, 15) is 15.2 Å². The van der Waals surface area contributed by atoms with Crippen LogP contribution in [-0.2, 0) is 6.54 Å². The number of hydrogen-bond donors (Lipinski definition) is 2. The fourth-order valence-electron chi connectivity index (χ4n) is 2.94. The van der Waals surface area contributed by atoms with Crippen molar-refractivity contribution in [1.29, 1.82) is 5.26 Å². The first-order chi connectivity index (χ1) is 11.6. The summed E-state index contributed by atoms with van der Waals surface area (Å²) >= 11 is 0. The van der Waals surface area contributed by atoms with E-state index >= 15 is 0 Å². The van der Waals surface area contributed by atoms with Gasteiger partial charge in [-0.05, 0) is 18.6 Å². The molecule has 122 valence electrons. The molecule has 1 aliphatic heterocycles. The Morgan fingerprint density at radius 3 is 2.96 bits per heavy atom. The average Bonchev–Trinajstić information content (AvgIpc) is 2.58. The summed E-state index contributed by atoms with van der Waals surface area (Å²) in [5.41, 5.74) is 7.41. The van der Waals surface area contributed by atoms with Crippen LogP contribution in [0.5, 0.6) is 5.75 Å². The number of aryl methyl sites for hydroxylation is 1. The Morgan fingerprint density at radius 1 is 1.54 bits per heavy atom. The quantitative estimate of drug-likeness (QED) is 0.861. The Kier molecular flexibility index (Phi) is 4.06. The summed E-state index contributed by atoms with van der Waals surface area (Å²) in [5.74, 6) is -0.333. The van der Waals surface area contributed by atoms with Crippen LogP contribution in [0.15, 0.2) is 46.8 Å². The highest BCUT2D eigenvalue weighted by molar-refractivity contribution is 5.54. The van der Waals surface area contributed by atoms with Gasteiger partial charge in [0.15, 0.2) is 0 Å². The molecule has 2 aromatic rings. The summed E-state index contributed by atoms with van der Waals surface area (Å²) in [6.45, 7) is 1.75. The molecule has 0 bridgehead atoms. The van der Waals surface area contributed by atoms with Crippen LogP contribution in [0.3, 0.4) is 0 Å². The second kappa shape index (κ2) is 6.18. The maximum absolute atomic E-state index is 13.0. The lowest BCUT2D eigenvalue weighted by Gasteiger charge is -2.27. The number of allylic oxidation sites excluding steroid dienone is 1. The molecule has 1 atom stereocenters. The van der Waals surface area contributed by atoms with Crippen molar-refractivity contribution in [2.45, 2.75) is 19.4 Å². The SMILES string of the molecule is Cc1cc2c(c(=O)n1CCO)[C@H](c1cccnc1)C(C#N)=C(N)O2. The van der Waals surface area contributed by atoms with Crippen molar-refractivity contribution in [2.24, 2.45) is 5.73 Å².